The van der Waals surface area contributed by atoms with Crippen molar-refractivity contribution in [2.75, 3.05) is 18.1 Å². The molecule has 26 heavy (non-hydrogen) atoms. The number of thioether (sulfide) groups is 1. The van der Waals surface area contributed by atoms with Crippen molar-refractivity contribution in [2.24, 2.45) is 0 Å². The Morgan fingerprint density at radius 2 is 1.85 bits per heavy atom. The quantitative estimate of drug-likeness (QED) is 0.653. The second-order valence-electron chi connectivity index (χ2n) is 6.62. The molecule has 8 heteroatoms. The lowest BCUT2D eigenvalue weighted by molar-refractivity contribution is -0.307. The van der Waals surface area contributed by atoms with Gasteiger partial charge in [0, 0.05) is 12.3 Å². The lowest BCUT2D eigenvalue weighted by Crippen LogP contribution is -2.50. The highest BCUT2D eigenvalue weighted by Crippen LogP contribution is 2.08. The summed E-state index contributed by atoms with van der Waals surface area (Å²) < 4.78 is 5.01. The number of carboxylic acids is 1. The lowest BCUT2D eigenvalue weighted by atomic mass is 10.1. The van der Waals surface area contributed by atoms with E-state index in [1.54, 1.807) is 20.8 Å². The zero-order valence-electron chi connectivity index (χ0n) is 15.2. The highest BCUT2D eigenvalue weighted by molar-refractivity contribution is 8.00. The molecule has 1 aromatic rings. The first-order valence-electron chi connectivity index (χ1n) is 8.26. The molecule has 1 rings (SSSR count). The van der Waals surface area contributed by atoms with Crippen molar-refractivity contribution in [3.63, 3.8) is 0 Å². The van der Waals surface area contributed by atoms with Gasteiger partial charge in [-0.2, -0.15) is 0 Å². The summed E-state index contributed by atoms with van der Waals surface area (Å²) in [6.07, 6.45) is -0.112. The van der Waals surface area contributed by atoms with Crippen LogP contribution >= 0.6 is 11.8 Å². The summed E-state index contributed by atoms with van der Waals surface area (Å²) in [5.74, 6) is -1.52. The van der Waals surface area contributed by atoms with Gasteiger partial charge >= 0.3 is 6.09 Å². The number of benzene rings is 1. The van der Waals surface area contributed by atoms with E-state index in [2.05, 4.69) is 10.6 Å². The Labute approximate surface area is 157 Å². The predicted molar refractivity (Wildman–Crippen MR) is 98.6 cm³/mol. The Hall–Kier alpha value is -2.22. The molecule has 7 nitrogen and oxygen atoms in total. The Kier molecular flexibility index (Phi) is 8.98. The van der Waals surface area contributed by atoms with Crippen LogP contribution < -0.4 is 15.7 Å². The van der Waals surface area contributed by atoms with E-state index in [4.69, 9.17) is 4.74 Å². The third-order valence-electron chi connectivity index (χ3n) is 3.07. The zero-order valence-corrected chi connectivity index (χ0v) is 16.1. The number of aliphatic carboxylic acids is 1. The van der Waals surface area contributed by atoms with Crippen molar-refractivity contribution in [2.45, 2.75) is 38.8 Å². The monoisotopic (exact) mass is 381 g/mol. The van der Waals surface area contributed by atoms with Crippen molar-refractivity contribution in [3.8, 4) is 0 Å². The van der Waals surface area contributed by atoms with E-state index in [9.17, 15) is 19.5 Å². The molecule has 0 saturated heterocycles. The molecule has 0 radical (unpaired) electrons. The second kappa shape index (κ2) is 10.7. The van der Waals surface area contributed by atoms with E-state index in [1.165, 1.54) is 0 Å². The summed E-state index contributed by atoms with van der Waals surface area (Å²) in [5, 5.41) is 16.1. The molecule has 144 valence electrons. The van der Waals surface area contributed by atoms with Crippen LogP contribution in [0.5, 0.6) is 0 Å². The molecule has 0 bridgehead atoms. The van der Waals surface area contributed by atoms with Crippen LogP contribution in [0.3, 0.4) is 0 Å². The molecule has 0 aliphatic heterocycles. The number of nitrogens with one attached hydrogen (secondary N) is 2. The van der Waals surface area contributed by atoms with Crippen molar-refractivity contribution in [3.05, 3.63) is 35.9 Å². The maximum atomic E-state index is 11.8. The Bertz CT molecular complexity index is 601. The summed E-state index contributed by atoms with van der Waals surface area (Å²) >= 11 is 1.10. The average Bonchev–Trinajstić information content (AvgIpc) is 2.53. The number of ether oxygens (including phenoxy) is 1. The molecule has 1 atom stereocenters. The first-order valence-corrected chi connectivity index (χ1v) is 9.41. The highest BCUT2D eigenvalue weighted by Gasteiger charge is 2.20. The lowest BCUT2D eigenvalue weighted by Gasteiger charge is -2.24. The summed E-state index contributed by atoms with van der Waals surface area (Å²) in [6.45, 7) is 5.53. The largest absolute Gasteiger partial charge is 0.548 e. The van der Waals surface area contributed by atoms with Crippen molar-refractivity contribution in [1.82, 2.24) is 10.6 Å². The summed E-state index contributed by atoms with van der Waals surface area (Å²) in [4.78, 5) is 34.5. The van der Waals surface area contributed by atoms with E-state index in [0.717, 1.165) is 23.7 Å². The normalized spacial score (nSPS) is 12.1. The third kappa shape index (κ3) is 9.93. The van der Waals surface area contributed by atoms with Crippen LogP contribution in [0, 0.1) is 0 Å². The standard InChI is InChI=1S/C18H26N2O5S/c1-18(2,3)25-17(24)20-14(16(22)23)11-26-12-15(21)19-10-9-13-7-5-4-6-8-13/h4-8,14H,9-12H2,1-3H3,(H,19,21)(H,20,24)(H,22,23)/p-1/t14-/m1/s1. The summed E-state index contributed by atoms with van der Waals surface area (Å²) in [7, 11) is 0. The minimum atomic E-state index is -1.42. The van der Waals surface area contributed by atoms with Crippen LogP contribution in [-0.2, 0) is 20.7 Å². The molecular weight excluding hydrogens is 356 g/mol. The smallest absolute Gasteiger partial charge is 0.408 e. The molecule has 0 aliphatic rings. The van der Waals surface area contributed by atoms with Crippen molar-refractivity contribution in [1.29, 1.82) is 0 Å². The van der Waals surface area contributed by atoms with E-state index >= 15 is 0 Å². The number of rotatable bonds is 9. The van der Waals surface area contributed by atoms with Gasteiger partial charge in [0.1, 0.15) is 5.60 Å². The zero-order chi connectivity index (χ0) is 19.6. The van der Waals surface area contributed by atoms with Gasteiger partial charge in [0.25, 0.3) is 0 Å². The SMILES string of the molecule is CC(C)(C)OC(=O)N[C@H](CSCC(=O)NCCc1ccccc1)C(=O)[O-]. The molecule has 2 amide bonds. The molecule has 1 aromatic carbocycles. The van der Waals surface area contributed by atoms with E-state index < -0.39 is 23.7 Å². The van der Waals surface area contributed by atoms with Gasteiger partial charge in [-0.25, -0.2) is 4.79 Å². The van der Waals surface area contributed by atoms with Gasteiger partial charge in [-0.1, -0.05) is 30.3 Å². The molecular formula is C18H25N2O5S-. The van der Waals surface area contributed by atoms with Gasteiger partial charge in [0.2, 0.25) is 5.91 Å². The third-order valence-corrected chi connectivity index (χ3v) is 4.11. The number of hydrogen-bond acceptors (Lipinski definition) is 6. The minimum Gasteiger partial charge on any atom is -0.548 e. The Morgan fingerprint density at radius 1 is 1.19 bits per heavy atom. The molecule has 0 fully saturated rings. The number of carboxylic acid groups (broad SMARTS) is 1. The second-order valence-corrected chi connectivity index (χ2v) is 7.65. The van der Waals surface area contributed by atoms with Crippen LogP contribution in [0.25, 0.3) is 0 Å². The number of hydrogen-bond donors (Lipinski definition) is 2. The number of carbonyl (C=O) groups is 3. The van der Waals surface area contributed by atoms with E-state index in [-0.39, 0.29) is 17.4 Å². The van der Waals surface area contributed by atoms with Gasteiger partial charge in [-0.3, -0.25) is 4.79 Å². The minimum absolute atomic E-state index is 0.00762. The van der Waals surface area contributed by atoms with Crippen LogP contribution in [0.1, 0.15) is 26.3 Å². The number of alkyl carbamates (subject to hydrolysis) is 1. The van der Waals surface area contributed by atoms with Gasteiger partial charge in [-0.15, -0.1) is 11.8 Å². The fourth-order valence-corrected chi connectivity index (χ4v) is 2.79. The number of carbonyl (C=O) groups excluding carboxylic acids is 3. The average molecular weight is 381 g/mol. The molecule has 0 aliphatic carbocycles. The van der Waals surface area contributed by atoms with Gasteiger partial charge in [-0.05, 0) is 32.8 Å². The van der Waals surface area contributed by atoms with Crippen LogP contribution in [0.15, 0.2) is 30.3 Å². The molecule has 2 N–H and O–H groups in total. The molecule has 0 saturated carbocycles. The van der Waals surface area contributed by atoms with Gasteiger partial charge in [0.15, 0.2) is 0 Å². The maximum absolute atomic E-state index is 11.8. The Morgan fingerprint density at radius 3 is 2.42 bits per heavy atom. The first-order chi connectivity index (χ1) is 12.2. The molecule has 0 unspecified atom stereocenters. The molecule has 0 spiro atoms. The fraction of sp³-hybridized carbons (Fsp3) is 0.500. The van der Waals surface area contributed by atoms with Crippen molar-refractivity contribution < 1.29 is 24.2 Å². The van der Waals surface area contributed by atoms with Gasteiger partial charge in [0.05, 0.1) is 17.8 Å². The topological polar surface area (TPSA) is 108 Å². The van der Waals surface area contributed by atoms with Crippen molar-refractivity contribution >= 4 is 29.7 Å². The van der Waals surface area contributed by atoms with Crippen LogP contribution in [0.2, 0.25) is 0 Å². The molecule has 0 aromatic heterocycles. The first kappa shape index (κ1) is 21.8. The predicted octanol–water partition coefficient (Wildman–Crippen LogP) is 0.722. The van der Waals surface area contributed by atoms with Crippen LogP contribution in [0.4, 0.5) is 4.79 Å². The fourth-order valence-electron chi connectivity index (χ4n) is 1.93. The Balaban J connectivity index is 2.28. The highest BCUT2D eigenvalue weighted by atomic mass is 32.2. The summed E-state index contributed by atoms with van der Waals surface area (Å²) in [6, 6.07) is 8.53. The van der Waals surface area contributed by atoms with E-state index in [0.29, 0.717) is 6.54 Å². The van der Waals surface area contributed by atoms with E-state index in [1.807, 2.05) is 30.3 Å². The number of amides is 2. The van der Waals surface area contributed by atoms with Gasteiger partial charge < -0.3 is 25.3 Å². The summed E-state index contributed by atoms with van der Waals surface area (Å²) in [5.41, 5.74) is 0.394. The van der Waals surface area contributed by atoms with Crippen LogP contribution in [-0.4, -0.2) is 47.7 Å². The molecule has 0 heterocycles. The maximum Gasteiger partial charge on any atom is 0.408 e.